The Kier molecular flexibility index (Phi) is 6.48. The second-order valence-corrected chi connectivity index (χ2v) is 6.31. The van der Waals surface area contributed by atoms with E-state index in [0.29, 0.717) is 12.5 Å². The first-order valence-corrected chi connectivity index (χ1v) is 8.84. The van der Waals surface area contributed by atoms with Crippen LogP contribution in [0, 0.1) is 0 Å². The number of nitrogens with zero attached hydrogens (tertiary/aromatic N) is 3. The SMILES string of the molecule is NC(=NCc1ccco1)NCCN1CCN(Cc2ccccc2)CC1. The second kappa shape index (κ2) is 9.25. The summed E-state index contributed by atoms with van der Waals surface area (Å²) in [5.41, 5.74) is 7.27. The summed E-state index contributed by atoms with van der Waals surface area (Å²) in [5, 5.41) is 3.17. The summed E-state index contributed by atoms with van der Waals surface area (Å²) in [4.78, 5) is 9.25. The molecule has 0 atom stereocenters. The number of guanidine groups is 1. The summed E-state index contributed by atoms with van der Waals surface area (Å²) in [7, 11) is 0. The van der Waals surface area contributed by atoms with Gasteiger partial charge in [-0.1, -0.05) is 30.3 Å². The molecule has 0 aliphatic carbocycles. The average Bonchev–Trinajstić information content (AvgIpc) is 3.16. The van der Waals surface area contributed by atoms with Gasteiger partial charge in [-0.05, 0) is 17.7 Å². The highest BCUT2D eigenvalue weighted by Gasteiger charge is 2.16. The summed E-state index contributed by atoms with van der Waals surface area (Å²) in [6, 6.07) is 14.4. The van der Waals surface area contributed by atoms with Crippen LogP contribution in [0.1, 0.15) is 11.3 Å². The normalized spacial score (nSPS) is 16.9. The highest BCUT2D eigenvalue weighted by Crippen LogP contribution is 2.08. The van der Waals surface area contributed by atoms with Crippen LogP contribution in [0.5, 0.6) is 0 Å². The number of benzene rings is 1. The summed E-state index contributed by atoms with van der Waals surface area (Å²) < 4.78 is 5.23. The van der Waals surface area contributed by atoms with Gasteiger partial charge in [0.1, 0.15) is 12.3 Å². The molecule has 0 saturated carbocycles. The fraction of sp³-hybridized carbons (Fsp3) is 0.421. The van der Waals surface area contributed by atoms with Gasteiger partial charge in [-0.25, -0.2) is 4.99 Å². The number of aliphatic imine (C=N–C) groups is 1. The third kappa shape index (κ3) is 5.92. The van der Waals surface area contributed by atoms with Gasteiger partial charge in [-0.15, -0.1) is 0 Å². The van der Waals surface area contributed by atoms with Crippen molar-refractivity contribution in [2.45, 2.75) is 13.1 Å². The van der Waals surface area contributed by atoms with Gasteiger partial charge in [0.15, 0.2) is 5.96 Å². The molecule has 2 heterocycles. The van der Waals surface area contributed by atoms with E-state index in [1.165, 1.54) is 5.56 Å². The maximum Gasteiger partial charge on any atom is 0.189 e. The van der Waals surface area contributed by atoms with E-state index in [4.69, 9.17) is 10.2 Å². The first-order chi connectivity index (χ1) is 12.3. The van der Waals surface area contributed by atoms with Gasteiger partial charge < -0.3 is 15.5 Å². The van der Waals surface area contributed by atoms with Crippen LogP contribution in [0.4, 0.5) is 0 Å². The number of hydrogen-bond donors (Lipinski definition) is 2. The molecule has 6 nitrogen and oxygen atoms in total. The zero-order valence-electron chi connectivity index (χ0n) is 14.6. The van der Waals surface area contributed by atoms with E-state index in [-0.39, 0.29) is 0 Å². The molecule has 6 heteroatoms. The molecule has 1 aliphatic rings. The highest BCUT2D eigenvalue weighted by molar-refractivity contribution is 5.77. The number of hydrogen-bond acceptors (Lipinski definition) is 4. The zero-order chi connectivity index (χ0) is 17.3. The van der Waals surface area contributed by atoms with Crippen LogP contribution in [-0.2, 0) is 13.1 Å². The van der Waals surface area contributed by atoms with Crippen LogP contribution in [0.3, 0.4) is 0 Å². The average molecular weight is 341 g/mol. The standard InChI is InChI=1S/C19H27N5O/c20-19(22-15-18-7-4-14-25-18)21-8-9-23-10-12-24(13-11-23)16-17-5-2-1-3-6-17/h1-7,14H,8-13,15-16H2,(H3,20,21,22). The Morgan fingerprint density at radius 1 is 1.04 bits per heavy atom. The fourth-order valence-electron chi connectivity index (χ4n) is 2.98. The molecular weight excluding hydrogens is 314 g/mol. The minimum absolute atomic E-state index is 0.471. The van der Waals surface area contributed by atoms with Crippen molar-refractivity contribution in [3.63, 3.8) is 0 Å². The third-order valence-corrected chi connectivity index (χ3v) is 4.43. The molecule has 1 aromatic carbocycles. The molecule has 0 radical (unpaired) electrons. The molecule has 134 valence electrons. The maximum absolute atomic E-state index is 5.88. The van der Waals surface area contributed by atoms with Crippen molar-refractivity contribution in [1.82, 2.24) is 15.1 Å². The fourth-order valence-corrected chi connectivity index (χ4v) is 2.98. The Morgan fingerprint density at radius 2 is 1.80 bits per heavy atom. The molecule has 1 saturated heterocycles. The molecule has 0 amide bonds. The Labute approximate surface area is 149 Å². The van der Waals surface area contributed by atoms with E-state index in [1.54, 1.807) is 6.26 Å². The lowest BCUT2D eigenvalue weighted by Crippen LogP contribution is -2.48. The summed E-state index contributed by atoms with van der Waals surface area (Å²) in [6.07, 6.45) is 1.64. The van der Waals surface area contributed by atoms with Gasteiger partial charge in [0.25, 0.3) is 0 Å². The molecule has 1 fully saturated rings. The first-order valence-electron chi connectivity index (χ1n) is 8.84. The topological polar surface area (TPSA) is 70.0 Å². The summed E-state index contributed by atoms with van der Waals surface area (Å²) in [6.45, 7) is 7.72. The van der Waals surface area contributed by atoms with Crippen LogP contribution in [0.2, 0.25) is 0 Å². The van der Waals surface area contributed by atoms with Gasteiger partial charge in [0, 0.05) is 45.8 Å². The van der Waals surface area contributed by atoms with E-state index < -0.39 is 0 Å². The van der Waals surface area contributed by atoms with Crippen molar-refractivity contribution >= 4 is 5.96 Å². The number of nitrogens with two attached hydrogens (primary N) is 1. The van der Waals surface area contributed by atoms with Crippen LogP contribution in [0.15, 0.2) is 58.1 Å². The molecule has 25 heavy (non-hydrogen) atoms. The minimum atomic E-state index is 0.471. The van der Waals surface area contributed by atoms with Crippen molar-refractivity contribution in [3.05, 3.63) is 60.1 Å². The van der Waals surface area contributed by atoms with Gasteiger partial charge in [-0.3, -0.25) is 9.80 Å². The molecule has 3 rings (SSSR count). The van der Waals surface area contributed by atoms with E-state index >= 15 is 0 Å². The Balaban J connectivity index is 1.30. The maximum atomic E-state index is 5.88. The second-order valence-electron chi connectivity index (χ2n) is 6.31. The lowest BCUT2D eigenvalue weighted by Gasteiger charge is -2.34. The summed E-state index contributed by atoms with van der Waals surface area (Å²) >= 11 is 0. The Morgan fingerprint density at radius 3 is 2.52 bits per heavy atom. The highest BCUT2D eigenvalue weighted by atomic mass is 16.3. The van der Waals surface area contributed by atoms with E-state index in [0.717, 1.165) is 51.6 Å². The predicted molar refractivity (Wildman–Crippen MR) is 100 cm³/mol. The predicted octanol–water partition coefficient (Wildman–Crippen LogP) is 1.50. The molecule has 0 unspecified atom stereocenters. The van der Waals surface area contributed by atoms with Crippen LogP contribution >= 0.6 is 0 Å². The lowest BCUT2D eigenvalue weighted by molar-refractivity contribution is 0.129. The first kappa shape index (κ1) is 17.5. The Bertz CT molecular complexity index is 633. The molecule has 0 spiro atoms. The zero-order valence-corrected chi connectivity index (χ0v) is 14.6. The number of piperazine rings is 1. The molecule has 3 N–H and O–H groups in total. The van der Waals surface area contributed by atoms with Gasteiger partial charge in [-0.2, -0.15) is 0 Å². The molecule has 1 aliphatic heterocycles. The Hall–Kier alpha value is -2.31. The van der Waals surface area contributed by atoms with Crippen LogP contribution in [0.25, 0.3) is 0 Å². The van der Waals surface area contributed by atoms with Gasteiger partial charge in [0.05, 0.1) is 6.26 Å². The number of nitrogens with one attached hydrogen (secondary N) is 1. The number of furan rings is 1. The third-order valence-electron chi connectivity index (χ3n) is 4.43. The van der Waals surface area contributed by atoms with Crippen LogP contribution < -0.4 is 11.1 Å². The smallest absolute Gasteiger partial charge is 0.189 e. The van der Waals surface area contributed by atoms with E-state index in [2.05, 4.69) is 50.4 Å². The monoisotopic (exact) mass is 341 g/mol. The number of rotatable bonds is 7. The molecule has 1 aromatic heterocycles. The van der Waals surface area contributed by atoms with Crippen molar-refractivity contribution in [2.24, 2.45) is 10.7 Å². The van der Waals surface area contributed by atoms with Crippen molar-refractivity contribution in [1.29, 1.82) is 0 Å². The van der Waals surface area contributed by atoms with Gasteiger partial charge >= 0.3 is 0 Å². The molecular formula is C19H27N5O. The van der Waals surface area contributed by atoms with Crippen molar-refractivity contribution < 1.29 is 4.42 Å². The van der Waals surface area contributed by atoms with Crippen molar-refractivity contribution in [3.8, 4) is 0 Å². The van der Waals surface area contributed by atoms with Crippen LogP contribution in [-0.4, -0.2) is 55.0 Å². The lowest BCUT2D eigenvalue weighted by atomic mass is 10.2. The summed E-state index contributed by atoms with van der Waals surface area (Å²) in [5.74, 6) is 1.29. The minimum Gasteiger partial charge on any atom is -0.467 e. The van der Waals surface area contributed by atoms with Gasteiger partial charge in [0.2, 0.25) is 0 Å². The molecule has 0 bridgehead atoms. The van der Waals surface area contributed by atoms with Crippen molar-refractivity contribution in [2.75, 3.05) is 39.3 Å². The van der Waals surface area contributed by atoms with E-state index in [9.17, 15) is 0 Å². The van der Waals surface area contributed by atoms with E-state index in [1.807, 2.05) is 12.1 Å². The largest absolute Gasteiger partial charge is 0.467 e. The molecule has 2 aromatic rings. The quantitative estimate of drug-likeness (QED) is 0.590.